The Morgan fingerprint density at radius 3 is 2.50 bits per heavy atom. The van der Waals surface area contributed by atoms with E-state index in [-0.39, 0.29) is 13.2 Å². The molecule has 0 aliphatic carbocycles. The Morgan fingerprint density at radius 2 is 1.77 bits per heavy atom. The minimum Gasteiger partial charge on any atom is -0.347 e. The fraction of sp³-hybridized carbons (Fsp3) is 0.667. The molecule has 0 amide bonds. The maximum absolute atomic E-state index is 12.4. The van der Waals surface area contributed by atoms with Gasteiger partial charge in [0.05, 0.1) is 18.1 Å². The van der Waals surface area contributed by atoms with Gasteiger partial charge in [0.2, 0.25) is 0 Å². The summed E-state index contributed by atoms with van der Waals surface area (Å²) in [7, 11) is 0. The summed E-state index contributed by atoms with van der Waals surface area (Å²) in [6.07, 6.45) is -1.44. The number of hydrogen-bond donors (Lipinski definition) is 0. The highest BCUT2D eigenvalue weighted by atomic mass is 32.2. The Balaban J connectivity index is 1.53. The van der Waals surface area contributed by atoms with E-state index >= 15 is 0 Å². The Morgan fingerprint density at radius 1 is 1.04 bits per heavy atom. The standard InChI is InChI=1S/C18H24O7S/c1-16(2)20-10-18(11-21-26(19)12-8-6-5-7-9-12)14(23-16)13-15(25-18)24-17(3,4)22-13/h5-9,13-15H,10-11H2,1-4H3. The van der Waals surface area contributed by atoms with E-state index in [0.29, 0.717) is 4.90 Å². The first kappa shape index (κ1) is 18.5. The van der Waals surface area contributed by atoms with Gasteiger partial charge in [-0.05, 0) is 39.8 Å². The third-order valence-electron chi connectivity index (χ3n) is 4.68. The van der Waals surface area contributed by atoms with Crippen molar-refractivity contribution in [2.75, 3.05) is 13.2 Å². The van der Waals surface area contributed by atoms with Crippen molar-refractivity contribution in [2.45, 2.75) is 68.3 Å². The van der Waals surface area contributed by atoms with Gasteiger partial charge in [0.25, 0.3) is 0 Å². The normalized spacial score (nSPS) is 38.5. The summed E-state index contributed by atoms with van der Waals surface area (Å²) in [5.41, 5.74) is -0.939. The van der Waals surface area contributed by atoms with Crippen LogP contribution in [0.4, 0.5) is 0 Å². The Kier molecular flexibility index (Phi) is 4.51. The van der Waals surface area contributed by atoms with Gasteiger partial charge in [0.1, 0.15) is 17.8 Å². The number of fused-ring (bicyclic) bond motifs is 3. The van der Waals surface area contributed by atoms with Crippen molar-refractivity contribution in [1.82, 2.24) is 0 Å². The summed E-state index contributed by atoms with van der Waals surface area (Å²) in [4.78, 5) is 0.588. The van der Waals surface area contributed by atoms with Gasteiger partial charge in [-0.1, -0.05) is 18.2 Å². The molecule has 1 aromatic rings. The fourth-order valence-electron chi connectivity index (χ4n) is 3.49. The average molecular weight is 384 g/mol. The van der Waals surface area contributed by atoms with Crippen LogP contribution >= 0.6 is 0 Å². The second kappa shape index (κ2) is 6.34. The summed E-state index contributed by atoms with van der Waals surface area (Å²) < 4.78 is 48.0. The quantitative estimate of drug-likeness (QED) is 0.787. The second-order valence-corrected chi connectivity index (χ2v) is 8.86. The molecule has 0 bridgehead atoms. The van der Waals surface area contributed by atoms with Crippen molar-refractivity contribution >= 4 is 11.1 Å². The first-order valence-corrected chi connectivity index (χ1v) is 9.73. The zero-order valence-corrected chi connectivity index (χ0v) is 16.1. The van der Waals surface area contributed by atoms with Crippen LogP contribution in [0.25, 0.3) is 0 Å². The summed E-state index contributed by atoms with van der Waals surface area (Å²) in [5, 5.41) is 0. The van der Waals surface area contributed by atoms with Gasteiger partial charge in [-0.3, -0.25) is 4.18 Å². The van der Waals surface area contributed by atoms with Gasteiger partial charge < -0.3 is 23.7 Å². The van der Waals surface area contributed by atoms with E-state index in [0.717, 1.165) is 0 Å². The van der Waals surface area contributed by atoms with Crippen molar-refractivity contribution in [3.8, 4) is 0 Å². The molecule has 0 aromatic heterocycles. The van der Waals surface area contributed by atoms with Crippen LogP contribution in [-0.2, 0) is 38.9 Å². The smallest absolute Gasteiger partial charge is 0.190 e. The van der Waals surface area contributed by atoms with E-state index in [4.69, 9.17) is 27.9 Å². The van der Waals surface area contributed by atoms with Crippen LogP contribution in [0.3, 0.4) is 0 Å². The van der Waals surface area contributed by atoms with E-state index < -0.39 is 46.8 Å². The van der Waals surface area contributed by atoms with E-state index in [1.165, 1.54) is 0 Å². The van der Waals surface area contributed by atoms with Crippen LogP contribution in [0.1, 0.15) is 27.7 Å². The molecule has 5 atom stereocenters. The van der Waals surface area contributed by atoms with Crippen molar-refractivity contribution < 1.29 is 32.1 Å². The topological polar surface area (TPSA) is 72.5 Å². The third-order valence-corrected chi connectivity index (χ3v) is 5.67. The lowest BCUT2D eigenvalue weighted by atomic mass is 9.95. The Bertz CT molecular complexity index is 692. The van der Waals surface area contributed by atoms with Gasteiger partial charge in [-0.15, -0.1) is 0 Å². The fourth-order valence-corrected chi connectivity index (χ4v) is 4.31. The average Bonchev–Trinajstić information content (AvgIpc) is 3.03. The van der Waals surface area contributed by atoms with Gasteiger partial charge in [0, 0.05) is 0 Å². The molecule has 5 unspecified atom stereocenters. The second-order valence-electron chi connectivity index (χ2n) is 7.69. The zero-order chi connectivity index (χ0) is 18.6. The van der Waals surface area contributed by atoms with Gasteiger partial charge in [-0.2, -0.15) is 0 Å². The summed E-state index contributed by atoms with van der Waals surface area (Å²) in [6.45, 7) is 7.62. The first-order chi connectivity index (χ1) is 12.2. The predicted octanol–water partition coefficient (Wildman–Crippen LogP) is 2.12. The minimum atomic E-state index is -1.61. The number of benzene rings is 1. The van der Waals surface area contributed by atoms with Crippen LogP contribution in [0.5, 0.6) is 0 Å². The lowest BCUT2D eigenvalue weighted by molar-refractivity contribution is -0.351. The highest BCUT2D eigenvalue weighted by molar-refractivity contribution is 7.80. The highest BCUT2D eigenvalue weighted by Crippen LogP contribution is 2.47. The number of ether oxygens (including phenoxy) is 5. The molecule has 4 rings (SSSR count). The zero-order valence-electron chi connectivity index (χ0n) is 15.3. The lowest BCUT2D eigenvalue weighted by Gasteiger charge is -2.45. The van der Waals surface area contributed by atoms with Crippen LogP contribution in [0, 0.1) is 0 Å². The van der Waals surface area contributed by atoms with Crippen LogP contribution < -0.4 is 0 Å². The molecule has 7 nitrogen and oxygen atoms in total. The highest BCUT2D eigenvalue weighted by Gasteiger charge is 2.66. The van der Waals surface area contributed by atoms with E-state index in [1.807, 2.05) is 45.9 Å². The summed E-state index contributed by atoms with van der Waals surface area (Å²) in [5.74, 6) is -1.53. The SMILES string of the molecule is CC1(C)OC2OC3(COS(=O)c4ccccc4)COC(C)(C)OC3C2O1. The lowest BCUT2D eigenvalue weighted by Crippen LogP contribution is -2.61. The molecule has 3 saturated heterocycles. The van der Waals surface area contributed by atoms with E-state index in [9.17, 15) is 4.21 Å². The first-order valence-electron chi connectivity index (χ1n) is 8.65. The van der Waals surface area contributed by atoms with Gasteiger partial charge in [-0.25, -0.2) is 4.21 Å². The molecule has 3 aliphatic rings. The molecular weight excluding hydrogens is 360 g/mol. The van der Waals surface area contributed by atoms with E-state index in [2.05, 4.69) is 0 Å². The minimum absolute atomic E-state index is 0.0371. The molecule has 0 spiro atoms. The summed E-state index contributed by atoms with van der Waals surface area (Å²) in [6, 6.07) is 8.99. The van der Waals surface area contributed by atoms with Crippen LogP contribution in [0.15, 0.2) is 35.2 Å². The maximum atomic E-state index is 12.4. The number of hydrogen-bond acceptors (Lipinski definition) is 7. The molecule has 3 heterocycles. The van der Waals surface area contributed by atoms with Crippen LogP contribution in [0.2, 0.25) is 0 Å². The molecule has 0 saturated carbocycles. The van der Waals surface area contributed by atoms with Crippen molar-refractivity contribution in [2.24, 2.45) is 0 Å². The molecular formula is C18H24O7S. The molecule has 0 N–H and O–H groups in total. The largest absolute Gasteiger partial charge is 0.347 e. The third kappa shape index (κ3) is 3.35. The summed E-state index contributed by atoms with van der Waals surface area (Å²) >= 11 is -1.61. The Hall–Kier alpha value is -0.870. The molecule has 1 aromatic carbocycles. The Labute approximate surface area is 155 Å². The molecule has 3 aliphatic heterocycles. The predicted molar refractivity (Wildman–Crippen MR) is 91.3 cm³/mol. The molecule has 26 heavy (non-hydrogen) atoms. The maximum Gasteiger partial charge on any atom is 0.190 e. The molecule has 144 valence electrons. The van der Waals surface area contributed by atoms with Gasteiger partial charge >= 0.3 is 0 Å². The van der Waals surface area contributed by atoms with Gasteiger partial charge in [0.15, 0.2) is 28.9 Å². The molecule has 0 radical (unpaired) electrons. The van der Waals surface area contributed by atoms with Crippen LogP contribution in [-0.4, -0.2) is 53.1 Å². The molecule has 3 fully saturated rings. The monoisotopic (exact) mass is 384 g/mol. The van der Waals surface area contributed by atoms with Crippen molar-refractivity contribution in [3.63, 3.8) is 0 Å². The van der Waals surface area contributed by atoms with Crippen molar-refractivity contribution in [3.05, 3.63) is 30.3 Å². The number of rotatable bonds is 4. The van der Waals surface area contributed by atoms with E-state index in [1.54, 1.807) is 12.1 Å². The van der Waals surface area contributed by atoms with Crippen molar-refractivity contribution in [1.29, 1.82) is 0 Å². The molecule has 8 heteroatoms.